The van der Waals surface area contributed by atoms with Gasteiger partial charge in [0.2, 0.25) is 0 Å². The summed E-state index contributed by atoms with van der Waals surface area (Å²) in [4.78, 5) is 0. The first-order valence-electron chi connectivity index (χ1n) is 3.65. The molecular formula is C8H11IO2. The van der Waals surface area contributed by atoms with E-state index in [0.29, 0.717) is 6.61 Å². The van der Waals surface area contributed by atoms with E-state index in [1.54, 1.807) is 0 Å². The molecule has 1 aliphatic rings. The van der Waals surface area contributed by atoms with Crippen LogP contribution in [-0.4, -0.2) is 23.4 Å². The van der Waals surface area contributed by atoms with E-state index in [4.69, 9.17) is 15.9 Å². The van der Waals surface area contributed by atoms with Gasteiger partial charge in [-0.05, 0) is 35.4 Å². The fourth-order valence-corrected chi connectivity index (χ4v) is 1.79. The summed E-state index contributed by atoms with van der Waals surface area (Å²) in [6.07, 6.45) is 7.55. The topological polar surface area (TPSA) is 18.5 Å². The van der Waals surface area contributed by atoms with Crippen molar-refractivity contribution in [3.63, 3.8) is 0 Å². The standard InChI is InChI=1S/C8H11IO2/c1-2-5-11-8(9)7-4-3-6-10-7/h1,7-8H,3-6H2. The molecule has 11 heavy (non-hydrogen) atoms. The van der Waals surface area contributed by atoms with E-state index in [-0.39, 0.29) is 10.2 Å². The van der Waals surface area contributed by atoms with Gasteiger partial charge >= 0.3 is 0 Å². The third-order valence-electron chi connectivity index (χ3n) is 1.58. The Morgan fingerprint density at radius 3 is 3.18 bits per heavy atom. The van der Waals surface area contributed by atoms with Crippen molar-refractivity contribution in [3.05, 3.63) is 0 Å². The number of rotatable bonds is 3. The second-order valence-electron chi connectivity index (χ2n) is 2.42. The minimum atomic E-state index is 0.117. The van der Waals surface area contributed by atoms with Crippen LogP contribution < -0.4 is 0 Å². The normalized spacial score (nSPS) is 26.4. The molecule has 0 saturated carbocycles. The van der Waals surface area contributed by atoms with Crippen LogP contribution in [0.3, 0.4) is 0 Å². The van der Waals surface area contributed by atoms with Crippen LogP contribution in [0.5, 0.6) is 0 Å². The quantitative estimate of drug-likeness (QED) is 0.438. The highest BCUT2D eigenvalue weighted by atomic mass is 127. The lowest BCUT2D eigenvalue weighted by atomic mass is 10.2. The van der Waals surface area contributed by atoms with Gasteiger partial charge in [0.25, 0.3) is 0 Å². The molecule has 0 spiro atoms. The Kier molecular flexibility index (Phi) is 4.20. The van der Waals surface area contributed by atoms with Gasteiger partial charge in [-0.25, -0.2) is 0 Å². The number of alkyl halides is 1. The average Bonchev–Trinajstić information content (AvgIpc) is 2.52. The van der Waals surface area contributed by atoms with Crippen LogP contribution in [0.4, 0.5) is 0 Å². The van der Waals surface area contributed by atoms with E-state index in [1.807, 2.05) is 0 Å². The van der Waals surface area contributed by atoms with Gasteiger partial charge in [-0.1, -0.05) is 5.92 Å². The monoisotopic (exact) mass is 266 g/mol. The maximum absolute atomic E-state index is 5.41. The summed E-state index contributed by atoms with van der Waals surface area (Å²) in [5.41, 5.74) is 0. The van der Waals surface area contributed by atoms with E-state index < -0.39 is 0 Å². The second-order valence-corrected chi connectivity index (χ2v) is 3.65. The van der Waals surface area contributed by atoms with Gasteiger partial charge in [0.1, 0.15) is 10.7 Å². The third-order valence-corrected chi connectivity index (χ3v) is 2.74. The molecule has 0 amide bonds. The highest BCUT2D eigenvalue weighted by molar-refractivity contribution is 14.1. The Labute approximate surface area is 80.8 Å². The molecule has 0 N–H and O–H groups in total. The predicted octanol–water partition coefficient (Wildman–Crippen LogP) is 1.58. The molecule has 1 rings (SSSR count). The van der Waals surface area contributed by atoms with Gasteiger partial charge in [-0.15, -0.1) is 6.42 Å². The number of terminal acetylenes is 1. The van der Waals surface area contributed by atoms with Crippen molar-refractivity contribution in [2.24, 2.45) is 0 Å². The molecule has 0 radical (unpaired) electrons. The van der Waals surface area contributed by atoms with Crippen molar-refractivity contribution >= 4 is 22.6 Å². The Morgan fingerprint density at radius 1 is 1.82 bits per heavy atom. The molecule has 0 aromatic rings. The molecule has 1 fully saturated rings. The van der Waals surface area contributed by atoms with Crippen LogP contribution in [-0.2, 0) is 9.47 Å². The minimum absolute atomic E-state index is 0.117. The lowest BCUT2D eigenvalue weighted by Gasteiger charge is -2.15. The zero-order valence-electron chi connectivity index (χ0n) is 6.25. The van der Waals surface area contributed by atoms with E-state index in [9.17, 15) is 0 Å². The molecule has 3 heteroatoms. The number of hydrogen-bond acceptors (Lipinski definition) is 2. The van der Waals surface area contributed by atoms with Gasteiger partial charge in [-0.2, -0.15) is 0 Å². The molecular weight excluding hydrogens is 255 g/mol. The summed E-state index contributed by atoms with van der Waals surface area (Å²) in [6, 6.07) is 0. The predicted molar refractivity (Wildman–Crippen MR) is 51.6 cm³/mol. The smallest absolute Gasteiger partial charge is 0.136 e. The third kappa shape index (κ3) is 2.97. The summed E-state index contributed by atoms with van der Waals surface area (Å²) < 4.78 is 10.8. The zero-order chi connectivity index (χ0) is 8.10. The second kappa shape index (κ2) is 4.96. The van der Waals surface area contributed by atoms with E-state index in [2.05, 4.69) is 28.5 Å². The lowest BCUT2D eigenvalue weighted by molar-refractivity contribution is 0.0175. The maximum Gasteiger partial charge on any atom is 0.136 e. The molecule has 2 nitrogen and oxygen atoms in total. The number of hydrogen-bond donors (Lipinski definition) is 0. The Bertz CT molecular complexity index is 147. The maximum atomic E-state index is 5.41. The largest absolute Gasteiger partial charge is 0.375 e. The highest BCUT2D eigenvalue weighted by Gasteiger charge is 2.23. The summed E-state index contributed by atoms with van der Waals surface area (Å²) in [5.74, 6) is 2.44. The van der Waals surface area contributed by atoms with Crippen molar-refractivity contribution in [2.45, 2.75) is 23.1 Å². The van der Waals surface area contributed by atoms with Gasteiger partial charge in [0, 0.05) is 6.61 Å². The van der Waals surface area contributed by atoms with Crippen molar-refractivity contribution in [1.82, 2.24) is 0 Å². The van der Waals surface area contributed by atoms with Gasteiger partial charge in [0.05, 0.1) is 6.10 Å². The molecule has 0 aromatic heterocycles. The molecule has 0 bridgehead atoms. The Hall–Kier alpha value is 0.210. The van der Waals surface area contributed by atoms with Gasteiger partial charge in [0.15, 0.2) is 0 Å². The SMILES string of the molecule is C#CCOC(I)C1CCCO1. The number of ether oxygens (including phenoxy) is 2. The summed E-state index contributed by atoms with van der Waals surface area (Å²) in [5, 5.41) is 0. The minimum Gasteiger partial charge on any atom is -0.375 e. The van der Waals surface area contributed by atoms with Gasteiger partial charge < -0.3 is 9.47 Å². The fraction of sp³-hybridized carbons (Fsp3) is 0.750. The zero-order valence-corrected chi connectivity index (χ0v) is 8.41. The lowest BCUT2D eigenvalue weighted by Crippen LogP contribution is -2.22. The van der Waals surface area contributed by atoms with Crippen LogP contribution >= 0.6 is 22.6 Å². The fourth-order valence-electron chi connectivity index (χ4n) is 1.04. The summed E-state index contributed by atoms with van der Waals surface area (Å²) in [7, 11) is 0. The molecule has 62 valence electrons. The first kappa shape index (κ1) is 9.30. The Morgan fingerprint density at radius 2 is 2.64 bits per heavy atom. The van der Waals surface area contributed by atoms with Crippen molar-refractivity contribution < 1.29 is 9.47 Å². The highest BCUT2D eigenvalue weighted by Crippen LogP contribution is 2.21. The van der Waals surface area contributed by atoms with Gasteiger partial charge in [-0.3, -0.25) is 0 Å². The summed E-state index contributed by atoms with van der Waals surface area (Å²) in [6.45, 7) is 1.25. The van der Waals surface area contributed by atoms with Crippen LogP contribution in [0, 0.1) is 12.3 Å². The number of halogens is 1. The average molecular weight is 266 g/mol. The van der Waals surface area contributed by atoms with Crippen molar-refractivity contribution in [3.8, 4) is 12.3 Å². The Balaban J connectivity index is 2.18. The molecule has 0 aliphatic carbocycles. The van der Waals surface area contributed by atoms with Crippen LogP contribution in [0.25, 0.3) is 0 Å². The van der Waals surface area contributed by atoms with Crippen LogP contribution in [0.15, 0.2) is 0 Å². The van der Waals surface area contributed by atoms with Crippen LogP contribution in [0.1, 0.15) is 12.8 Å². The van der Waals surface area contributed by atoms with Crippen LogP contribution in [0.2, 0.25) is 0 Å². The van der Waals surface area contributed by atoms with Crippen molar-refractivity contribution in [1.29, 1.82) is 0 Å². The summed E-state index contributed by atoms with van der Waals surface area (Å²) >= 11 is 2.22. The molecule has 1 saturated heterocycles. The molecule has 1 aliphatic heterocycles. The van der Waals surface area contributed by atoms with E-state index in [1.165, 1.54) is 0 Å². The van der Waals surface area contributed by atoms with E-state index >= 15 is 0 Å². The first-order chi connectivity index (χ1) is 5.34. The molecule has 2 unspecified atom stereocenters. The molecule has 1 heterocycles. The first-order valence-corrected chi connectivity index (χ1v) is 4.90. The molecule has 0 aromatic carbocycles. The van der Waals surface area contributed by atoms with E-state index in [0.717, 1.165) is 19.4 Å². The van der Waals surface area contributed by atoms with Crippen molar-refractivity contribution in [2.75, 3.05) is 13.2 Å². The molecule has 2 atom stereocenters.